The Morgan fingerprint density at radius 3 is 2.82 bits per heavy atom. The van der Waals surface area contributed by atoms with Crippen LogP contribution >= 0.6 is 0 Å². The van der Waals surface area contributed by atoms with Gasteiger partial charge in [0.25, 0.3) is 0 Å². The van der Waals surface area contributed by atoms with Crippen LogP contribution in [-0.4, -0.2) is 11.1 Å². The van der Waals surface area contributed by atoms with Gasteiger partial charge < -0.3 is 9.52 Å². The van der Waals surface area contributed by atoms with Gasteiger partial charge in [0.1, 0.15) is 17.1 Å². The van der Waals surface area contributed by atoms with Crippen LogP contribution in [0.15, 0.2) is 34.9 Å². The van der Waals surface area contributed by atoms with E-state index in [9.17, 15) is 9.18 Å². The van der Waals surface area contributed by atoms with E-state index < -0.39 is 11.8 Å². The number of aromatic carboxylic acids is 1. The molecule has 2 aromatic rings. The van der Waals surface area contributed by atoms with Gasteiger partial charge in [-0.05, 0) is 18.6 Å². The Morgan fingerprint density at radius 1 is 1.47 bits per heavy atom. The molecule has 0 aliphatic heterocycles. The summed E-state index contributed by atoms with van der Waals surface area (Å²) in [5.41, 5.74) is 1.15. The molecule has 2 rings (SSSR count). The summed E-state index contributed by atoms with van der Waals surface area (Å²) in [6.07, 6.45) is 1.96. The first-order chi connectivity index (χ1) is 8.13. The number of rotatable bonds is 3. The Morgan fingerprint density at radius 2 is 2.24 bits per heavy atom. The monoisotopic (exact) mass is 234 g/mol. The van der Waals surface area contributed by atoms with Crippen molar-refractivity contribution in [3.05, 3.63) is 47.5 Å². The molecule has 3 nitrogen and oxygen atoms in total. The minimum Gasteiger partial charge on any atom is -0.478 e. The van der Waals surface area contributed by atoms with Crippen molar-refractivity contribution in [3.8, 4) is 11.3 Å². The summed E-state index contributed by atoms with van der Waals surface area (Å²) in [7, 11) is 0. The Bertz CT molecular complexity index is 558. The van der Waals surface area contributed by atoms with E-state index in [0.29, 0.717) is 17.5 Å². The number of furan rings is 1. The number of halogens is 1. The third-order valence-electron chi connectivity index (χ3n) is 2.55. The minimum absolute atomic E-state index is 0.109. The fourth-order valence-electron chi connectivity index (χ4n) is 1.73. The van der Waals surface area contributed by atoms with Crippen LogP contribution in [0.5, 0.6) is 0 Å². The number of hydrogen-bond acceptors (Lipinski definition) is 2. The molecule has 4 heteroatoms. The van der Waals surface area contributed by atoms with Crippen molar-refractivity contribution in [3.63, 3.8) is 0 Å². The van der Waals surface area contributed by atoms with Crippen LogP contribution < -0.4 is 0 Å². The van der Waals surface area contributed by atoms with Crippen LogP contribution in [0.3, 0.4) is 0 Å². The number of hydrogen-bond donors (Lipinski definition) is 1. The minimum atomic E-state index is -1.06. The molecule has 17 heavy (non-hydrogen) atoms. The second-order valence-corrected chi connectivity index (χ2v) is 3.63. The van der Waals surface area contributed by atoms with Crippen molar-refractivity contribution < 1.29 is 18.7 Å². The van der Waals surface area contributed by atoms with E-state index in [-0.39, 0.29) is 11.3 Å². The van der Waals surface area contributed by atoms with E-state index in [2.05, 4.69) is 0 Å². The zero-order valence-electron chi connectivity index (χ0n) is 9.24. The van der Waals surface area contributed by atoms with Crippen LogP contribution in [-0.2, 0) is 6.42 Å². The lowest BCUT2D eigenvalue weighted by Gasteiger charge is -2.00. The SMILES string of the molecule is CCc1coc(-c2cccc(F)c2)c1C(=O)O. The molecule has 0 radical (unpaired) electrons. The number of benzene rings is 1. The third-order valence-corrected chi connectivity index (χ3v) is 2.55. The van der Waals surface area contributed by atoms with E-state index in [1.807, 2.05) is 6.92 Å². The van der Waals surface area contributed by atoms with Crippen molar-refractivity contribution >= 4 is 5.97 Å². The summed E-state index contributed by atoms with van der Waals surface area (Å²) in [5.74, 6) is -1.28. The van der Waals surface area contributed by atoms with E-state index in [0.717, 1.165) is 0 Å². The topological polar surface area (TPSA) is 50.4 Å². The van der Waals surface area contributed by atoms with Gasteiger partial charge in [-0.2, -0.15) is 0 Å². The molecule has 1 N–H and O–H groups in total. The first-order valence-electron chi connectivity index (χ1n) is 5.23. The second-order valence-electron chi connectivity index (χ2n) is 3.63. The zero-order chi connectivity index (χ0) is 12.4. The van der Waals surface area contributed by atoms with Gasteiger partial charge in [0, 0.05) is 11.1 Å². The molecular formula is C13H11FO3. The lowest BCUT2D eigenvalue weighted by Crippen LogP contribution is -2.00. The van der Waals surface area contributed by atoms with Crippen LogP contribution in [0, 0.1) is 5.82 Å². The van der Waals surface area contributed by atoms with Gasteiger partial charge in [0.05, 0.1) is 6.26 Å². The number of carboxylic acid groups (broad SMARTS) is 1. The average molecular weight is 234 g/mol. The van der Waals surface area contributed by atoms with Crippen molar-refractivity contribution in [1.82, 2.24) is 0 Å². The number of carbonyl (C=O) groups is 1. The first-order valence-corrected chi connectivity index (χ1v) is 5.23. The predicted octanol–water partition coefficient (Wildman–Crippen LogP) is 3.35. The molecule has 0 atom stereocenters. The summed E-state index contributed by atoms with van der Waals surface area (Å²) in [6.45, 7) is 1.84. The lowest BCUT2D eigenvalue weighted by molar-refractivity contribution is 0.0696. The van der Waals surface area contributed by atoms with Gasteiger partial charge in [-0.3, -0.25) is 0 Å². The van der Waals surface area contributed by atoms with Gasteiger partial charge in [0.15, 0.2) is 0 Å². The molecule has 0 fully saturated rings. The van der Waals surface area contributed by atoms with Gasteiger partial charge in [-0.25, -0.2) is 9.18 Å². The van der Waals surface area contributed by atoms with E-state index in [1.54, 1.807) is 6.07 Å². The molecule has 0 amide bonds. The Hall–Kier alpha value is -2.10. The first kappa shape index (κ1) is 11.4. The second kappa shape index (κ2) is 4.41. The standard InChI is InChI=1S/C13H11FO3/c1-2-8-7-17-12(11(8)13(15)16)9-4-3-5-10(14)6-9/h3-7H,2H2,1H3,(H,15,16). The molecule has 1 aromatic carbocycles. The normalized spacial score (nSPS) is 10.5. The zero-order valence-corrected chi connectivity index (χ0v) is 9.24. The van der Waals surface area contributed by atoms with Crippen molar-refractivity contribution in [2.24, 2.45) is 0 Å². The maximum Gasteiger partial charge on any atom is 0.339 e. The maximum absolute atomic E-state index is 13.1. The summed E-state index contributed by atoms with van der Waals surface area (Å²) >= 11 is 0. The molecule has 0 unspecified atom stereocenters. The summed E-state index contributed by atoms with van der Waals surface area (Å²) in [6, 6.07) is 5.69. The quantitative estimate of drug-likeness (QED) is 0.885. The fraction of sp³-hybridized carbons (Fsp3) is 0.154. The number of aryl methyl sites for hydroxylation is 1. The van der Waals surface area contributed by atoms with E-state index >= 15 is 0 Å². The molecule has 1 heterocycles. The molecule has 1 aromatic heterocycles. The van der Waals surface area contributed by atoms with Crippen LogP contribution in [0.25, 0.3) is 11.3 Å². The summed E-state index contributed by atoms with van der Waals surface area (Å²) in [5, 5.41) is 9.14. The van der Waals surface area contributed by atoms with Crippen molar-refractivity contribution in [1.29, 1.82) is 0 Å². The average Bonchev–Trinajstić information content (AvgIpc) is 2.72. The molecule has 0 aliphatic carbocycles. The molecular weight excluding hydrogens is 223 g/mol. The lowest BCUT2D eigenvalue weighted by atomic mass is 10.0. The van der Waals surface area contributed by atoms with Crippen LogP contribution in [0.1, 0.15) is 22.8 Å². The highest BCUT2D eigenvalue weighted by Crippen LogP contribution is 2.29. The van der Waals surface area contributed by atoms with Crippen LogP contribution in [0.2, 0.25) is 0 Å². The van der Waals surface area contributed by atoms with Crippen molar-refractivity contribution in [2.75, 3.05) is 0 Å². The van der Waals surface area contributed by atoms with Gasteiger partial charge >= 0.3 is 5.97 Å². The summed E-state index contributed by atoms with van der Waals surface area (Å²) in [4.78, 5) is 11.2. The predicted molar refractivity (Wildman–Crippen MR) is 60.4 cm³/mol. The molecule has 0 saturated carbocycles. The largest absolute Gasteiger partial charge is 0.478 e. The fourth-order valence-corrected chi connectivity index (χ4v) is 1.73. The smallest absolute Gasteiger partial charge is 0.339 e. The Balaban J connectivity index is 2.60. The third kappa shape index (κ3) is 2.06. The van der Waals surface area contributed by atoms with Gasteiger partial charge in [-0.1, -0.05) is 19.1 Å². The highest BCUT2D eigenvalue weighted by molar-refractivity contribution is 5.96. The number of carboxylic acids is 1. The molecule has 0 bridgehead atoms. The van der Waals surface area contributed by atoms with Crippen LogP contribution in [0.4, 0.5) is 4.39 Å². The van der Waals surface area contributed by atoms with Gasteiger partial charge in [0.2, 0.25) is 0 Å². The highest BCUT2D eigenvalue weighted by Gasteiger charge is 2.20. The molecule has 0 spiro atoms. The Labute approximate surface area is 97.5 Å². The van der Waals surface area contributed by atoms with E-state index in [1.165, 1.54) is 24.5 Å². The van der Waals surface area contributed by atoms with Crippen molar-refractivity contribution in [2.45, 2.75) is 13.3 Å². The molecule has 0 aliphatic rings. The molecule has 88 valence electrons. The van der Waals surface area contributed by atoms with E-state index in [4.69, 9.17) is 9.52 Å². The van der Waals surface area contributed by atoms with Gasteiger partial charge in [-0.15, -0.1) is 0 Å². The maximum atomic E-state index is 13.1. The summed E-state index contributed by atoms with van der Waals surface area (Å²) < 4.78 is 18.3. The molecule has 0 saturated heterocycles. The Kier molecular flexibility index (Phi) is 2.95. The highest BCUT2D eigenvalue weighted by atomic mass is 19.1.